The smallest absolute Gasteiger partial charge is 0.252 e. The van der Waals surface area contributed by atoms with Gasteiger partial charge in [-0.2, -0.15) is 10.1 Å². The van der Waals surface area contributed by atoms with Crippen molar-refractivity contribution in [1.82, 2.24) is 24.5 Å². The van der Waals surface area contributed by atoms with Crippen LogP contribution < -0.4 is 0 Å². The minimum absolute atomic E-state index is 0.401. The lowest BCUT2D eigenvalue weighted by molar-refractivity contribution is 0.321. The van der Waals surface area contributed by atoms with Crippen LogP contribution in [-0.4, -0.2) is 38.6 Å². The molecule has 2 aromatic heterocycles. The number of fused-ring (bicyclic) bond motifs is 1. The molecule has 0 unspecified atom stereocenters. The highest BCUT2D eigenvalue weighted by molar-refractivity contribution is 5.62. The normalized spacial score (nSPS) is 13.0. The summed E-state index contributed by atoms with van der Waals surface area (Å²) in [6.45, 7) is 4.06. The number of aromatic nitrogens is 4. The van der Waals surface area contributed by atoms with E-state index in [-0.39, 0.29) is 0 Å². The molecule has 21 heavy (non-hydrogen) atoms. The number of hydrogen-bond donors (Lipinski definition) is 0. The zero-order chi connectivity index (χ0) is 15.0. The van der Waals surface area contributed by atoms with Crippen molar-refractivity contribution in [2.45, 2.75) is 19.9 Å². The second-order valence-electron chi connectivity index (χ2n) is 5.51. The number of rotatable bonds is 3. The summed E-state index contributed by atoms with van der Waals surface area (Å²) in [6, 6.07) is 8.98. The Bertz CT molecular complexity index is 758. The first-order chi connectivity index (χ1) is 10.0. The predicted molar refractivity (Wildman–Crippen MR) is 83.1 cm³/mol. The molecule has 0 N–H and O–H groups in total. The zero-order valence-electron chi connectivity index (χ0n) is 12.8. The molecule has 0 aliphatic heterocycles. The Morgan fingerprint density at radius 1 is 1.10 bits per heavy atom. The summed E-state index contributed by atoms with van der Waals surface area (Å²) in [5.74, 6) is 1.36. The summed E-state index contributed by atoms with van der Waals surface area (Å²) in [7, 11) is 4.17. The molecular weight excluding hydrogens is 262 g/mol. The molecule has 0 saturated carbocycles. The molecule has 1 aromatic carbocycles. The van der Waals surface area contributed by atoms with Crippen LogP contribution >= 0.6 is 0 Å². The second kappa shape index (κ2) is 5.26. The molecule has 0 radical (unpaired) electrons. The maximum atomic E-state index is 4.35. The zero-order valence-corrected chi connectivity index (χ0v) is 12.8. The third-order valence-electron chi connectivity index (χ3n) is 3.80. The van der Waals surface area contributed by atoms with E-state index in [4.69, 9.17) is 0 Å². The molecule has 0 bridgehead atoms. The van der Waals surface area contributed by atoms with E-state index in [0.717, 1.165) is 17.0 Å². The van der Waals surface area contributed by atoms with E-state index in [9.17, 15) is 0 Å². The quantitative estimate of drug-likeness (QED) is 0.740. The fourth-order valence-corrected chi connectivity index (χ4v) is 2.29. The monoisotopic (exact) mass is 281 g/mol. The molecule has 5 nitrogen and oxygen atoms in total. The Morgan fingerprint density at radius 2 is 1.81 bits per heavy atom. The lowest BCUT2D eigenvalue weighted by atomic mass is 10.0. The highest BCUT2D eigenvalue weighted by atomic mass is 15.3. The van der Waals surface area contributed by atoms with Gasteiger partial charge in [0.05, 0.1) is 0 Å². The van der Waals surface area contributed by atoms with Gasteiger partial charge in [0.25, 0.3) is 5.78 Å². The average molecular weight is 281 g/mol. The van der Waals surface area contributed by atoms with Crippen molar-refractivity contribution >= 4 is 5.78 Å². The fraction of sp³-hybridized carbons (Fsp3) is 0.312. The Balaban J connectivity index is 1.94. The summed E-state index contributed by atoms with van der Waals surface area (Å²) in [6.07, 6.45) is 3.81. The second-order valence-corrected chi connectivity index (χ2v) is 5.51. The van der Waals surface area contributed by atoms with E-state index in [1.165, 1.54) is 5.56 Å². The maximum Gasteiger partial charge on any atom is 0.252 e. The van der Waals surface area contributed by atoms with Crippen LogP contribution in [0.15, 0.2) is 36.7 Å². The SMILES string of the molecule is Cc1nc2ncc(-c3ccc([C@H](C)N(C)C)cc3)cn2n1. The van der Waals surface area contributed by atoms with E-state index in [2.05, 4.69) is 65.3 Å². The molecule has 0 aliphatic rings. The van der Waals surface area contributed by atoms with Gasteiger partial charge >= 0.3 is 0 Å². The molecule has 0 fully saturated rings. The average Bonchev–Trinajstić information content (AvgIpc) is 2.85. The minimum atomic E-state index is 0.401. The van der Waals surface area contributed by atoms with Crippen molar-refractivity contribution in [2.75, 3.05) is 14.1 Å². The van der Waals surface area contributed by atoms with Crippen molar-refractivity contribution in [2.24, 2.45) is 0 Å². The summed E-state index contributed by atoms with van der Waals surface area (Å²) in [4.78, 5) is 10.8. The molecule has 1 atom stereocenters. The molecule has 2 heterocycles. The number of benzene rings is 1. The van der Waals surface area contributed by atoms with Gasteiger partial charge in [-0.15, -0.1) is 0 Å². The molecule has 0 amide bonds. The topological polar surface area (TPSA) is 46.3 Å². The Hall–Kier alpha value is -2.27. The van der Waals surface area contributed by atoms with E-state index in [1.54, 1.807) is 4.52 Å². The van der Waals surface area contributed by atoms with Crippen molar-refractivity contribution < 1.29 is 0 Å². The summed E-state index contributed by atoms with van der Waals surface area (Å²) < 4.78 is 1.72. The van der Waals surface area contributed by atoms with E-state index in [0.29, 0.717) is 11.8 Å². The third kappa shape index (κ3) is 2.64. The van der Waals surface area contributed by atoms with Gasteiger partial charge in [0.2, 0.25) is 0 Å². The Morgan fingerprint density at radius 3 is 2.48 bits per heavy atom. The first-order valence-corrected chi connectivity index (χ1v) is 7.00. The van der Waals surface area contributed by atoms with Gasteiger partial charge in [0.1, 0.15) is 5.82 Å². The van der Waals surface area contributed by atoms with Crippen LogP contribution in [-0.2, 0) is 0 Å². The first-order valence-electron chi connectivity index (χ1n) is 7.00. The standard InChI is InChI=1S/C16H19N5/c1-11(20(3)4)13-5-7-14(8-6-13)15-9-17-16-18-12(2)19-21(16)10-15/h5-11H,1-4H3/t11-/m0/s1. The summed E-state index contributed by atoms with van der Waals surface area (Å²) >= 11 is 0. The number of nitrogens with zero attached hydrogens (tertiary/aromatic N) is 5. The highest BCUT2D eigenvalue weighted by Crippen LogP contribution is 2.23. The molecule has 0 aliphatic carbocycles. The molecule has 0 spiro atoms. The third-order valence-corrected chi connectivity index (χ3v) is 3.80. The van der Waals surface area contributed by atoms with Crippen LogP contribution in [0, 0.1) is 6.92 Å². The minimum Gasteiger partial charge on any atom is -0.303 e. The Labute approximate surface area is 124 Å². The van der Waals surface area contributed by atoms with Gasteiger partial charge in [0, 0.05) is 24.0 Å². The molecule has 108 valence electrons. The van der Waals surface area contributed by atoms with Crippen molar-refractivity contribution in [3.8, 4) is 11.1 Å². The van der Waals surface area contributed by atoms with Gasteiger partial charge in [0.15, 0.2) is 0 Å². The summed E-state index contributed by atoms with van der Waals surface area (Å²) in [5, 5.41) is 4.30. The van der Waals surface area contributed by atoms with Crippen LogP contribution in [0.3, 0.4) is 0 Å². The van der Waals surface area contributed by atoms with Crippen LogP contribution in [0.4, 0.5) is 0 Å². The molecule has 3 rings (SSSR count). The van der Waals surface area contributed by atoms with E-state index >= 15 is 0 Å². The molecule has 3 aromatic rings. The van der Waals surface area contributed by atoms with Crippen LogP contribution in [0.25, 0.3) is 16.9 Å². The van der Waals surface area contributed by atoms with Gasteiger partial charge in [-0.1, -0.05) is 24.3 Å². The predicted octanol–water partition coefficient (Wildman–Crippen LogP) is 2.72. The van der Waals surface area contributed by atoms with Gasteiger partial charge < -0.3 is 4.90 Å². The van der Waals surface area contributed by atoms with Gasteiger partial charge in [-0.05, 0) is 39.1 Å². The van der Waals surface area contributed by atoms with Crippen molar-refractivity contribution in [1.29, 1.82) is 0 Å². The molecule has 5 heteroatoms. The van der Waals surface area contributed by atoms with Crippen molar-refractivity contribution in [3.63, 3.8) is 0 Å². The molecular formula is C16H19N5. The van der Waals surface area contributed by atoms with Gasteiger partial charge in [-0.25, -0.2) is 9.50 Å². The van der Waals surface area contributed by atoms with Crippen LogP contribution in [0.5, 0.6) is 0 Å². The maximum absolute atomic E-state index is 4.35. The first kappa shape index (κ1) is 13.7. The highest BCUT2D eigenvalue weighted by Gasteiger charge is 2.08. The molecule has 0 saturated heterocycles. The largest absolute Gasteiger partial charge is 0.303 e. The van der Waals surface area contributed by atoms with Crippen LogP contribution in [0.2, 0.25) is 0 Å². The van der Waals surface area contributed by atoms with Crippen LogP contribution in [0.1, 0.15) is 24.4 Å². The fourth-order valence-electron chi connectivity index (χ4n) is 2.29. The lowest BCUT2D eigenvalue weighted by Gasteiger charge is -2.20. The Kier molecular flexibility index (Phi) is 3.43. The van der Waals surface area contributed by atoms with E-state index < -0.39 is 0 Å². The number of hydrogen-bond acceptors (Lipinski definition) is 4. The lowest BCUT2D eigenvalue weighted by Crippen LogP contribution is -2.16. The number of aryl methyl sites for hydroxylation is 1. The summed E-state index contributed by atoms with van der Waals surface area (Å²) in [5.41, 5.74) is 3.47. The van der Waals surface area contributed by atoms with Crippen molar-refractivity contribution in [3.05, 3.63) is 48.0 Å². The van der Waals surface area contributed by atoms with Gasteiger partial charge in [-0.3, -0.25) is 0 Å². The van der Waals surface area contributed by atoms with E-state index in [1.807, 2.05) is 19.3 Å².